The molecule has 3 aromatic carbocycles. The van der Waals surface area contributed by atoms with Gasteiger partial charge in [-0.1, -0.05) is 36.4 Å². The summed E-state index contributed by atoms with van der Waals surface area (Å²) in [7, 11) is 4.98. The number of methoxy groups -OCH3 is 2. The van der Waals surface area contributed by atoms with E-state index in [0.717, 1.165) is 32.9 Å². The number of aryl methyl sites for hydroxylation is 1. The highest BCUT2D eigenvalue weighted by Gasteiger charge is 2.18. The number of aromatic amines is 1. The molecule has 0 fully saturated rings. The lowest BCUT2D eigenvalue weighted by molar-refractivity contribution is -0.117. The molecule has 0 aliphatic carbocycles. The first-order chi connectivity index (χ1) is 19.0. The molecular weight excluding hydrogens is 492 g/mol. The molecule has 0 atom stereocenters. The first-order valence-corrected chi connectivity index (χ1v) is 12.6. The van der Waals surface area contributed by atoms with Crippen LogP contribution in [0.1, 0.15) is 21.5 Å². The summed E-state index contributed by atoms with van der Waals surface area (Å²) < 4.78 is 12.6. The number of ether oxygens (including phenoxy) is 2. The van der Waals surface area contributed by atoms with E-state index in [1.165, 1.54) is 14.2 Å². The van der Waals surface area contributed by atoms with Crippen LogP contribution in [0.15, 0.2) is 84.8 Å². The molecule has 3 N–H and O–H groups in total. The van der Waals surface area contributed by atoms with Crippen LogP contribution in [0.2, 0.25) is 0 Å². The summed E-state index contributed by atoms with van der Waals surface area (Å²) in [6.07, 6.45) is 6.25. The van der Waals surface area contributed by atoms with E-state index in [-0.39, 0.29) is 11.6 Å². The molecule has 5 aromatic rings. The SMILES string of the molecule is COc1ccc(C(=O)N/C(=C/c2cn(C)c3ccccc23)C(=O)NCCc2c[nH]c3ccccc23)cc1OC. The molecule has 2 aromatic heterocycles. The van der Waals surface area contributed by atoms with Crippen LogP contribution in [0.5, 0.6) is 11.5 Å². The van der Waals surface area contributed by atoms with Crippen molar-refractivity contribution in [2.45, 2.75) is 6.42 Å². The Balaban J connectivity index is 1.41. The van der Waals surface area contributed by atoms with Gasteiger partial charge in [0, 0.05) is 58.9 Å². The molecule has 8 nitrogen and oxygen atoms in total. The third-order valence-corrected chi connectivity index (χ3v) is 6.72. The van der Waals surface area contributed by atoms with Crippen molar-refractivity contribution >= 4 is 39.7 Å². The molecule has 0 unspecified atom stereocenters. The maximum atomic E-state index is 13.4. The van der Waals surface area contributed by atoms with Gasteiger partial charge in [0.1, 0.15) is 5.70 Å². The van der Waals surface area contributed by atoms with Crippen molar-refractivity contribution in [1.82, 2.24) is 20.2 Å². The Bertz CT molecular complexity index is 1700. The Labute approximate surface area is 226 Å². The predicted octanol–water partition coefficient (Wildman–Crippen LogP) is 4.81. The largest absolute Gasteiger partial charge is 0.493 e. The van der Waals surface area contributed by atoms with Crippen LogP contribution in [0, 0.1) is 0 Å². The average molecular weight is 523 g/mol. The Morgan fingerprint density at radius 3 is 2.49 bits per heavy atom. The number of hydrogen-bond donors (Lipinski definition) is 3. The van der Waals surface area contributed by atoms with Gasteiger partial charge in [0.2, 0.25) is 0 Å². The second-order valence-electron chi connectivity index (χ2n) is 9.16. The van der Waals surface area contributed by atoms with Crippen molar-refractivity contribution in [3.63, 3.8) is 0 Å². The molecular formula is C31H30N4O4. The van der Waals surface area contributed by atoms with Crippen LogP contribution < -0.4 is 20.1 Å². The third kappa shape index (κ3) is 5.36. The number of amides is 2. The average Bonchev–Trinajstić information content (AvgIpc) is 3.52. The van der Waals surface area contributed by atoms with Crippen molar-refractivity contribution in [3.8, 4) is 11.5 Å². The second kappa shape index (κ2) is 11.2. The number of carbonyl (C=O) groups is 2. The van der Waals surface area contributed by atoms with Crippen LogP contribution in [-0.2, 0) is 18.3 Å². The number of carbonyl (C=O) groups excluding carboxylic acids is 2. The zero-order chi connectivity index (χ0) is 27.4. The highest BCUT2D eigenvalue weighted by Crippen LogP contribution is 2.28. The number of rotatable bonds is 9. The molecule has 0 saturated heterocycles. The van der Waals surface area contributed by atoms with E-state index in [4.69, 9.17) is 9.47 Å². The van der Waals surface area contributed by atoms with Crippen LogP contribution in [0.25, 0.3) is 27.9 Å². The summed E-state index contributed by atoms with van der Waals surface area (Å²) >= 11 is 0. The second-order valence-corrected chi connectivity index (χ2v) is 9.16. The molecule has 5 rings (SSSR count). The fraction of sp³-hybridized carbons (Fsp3) is 0.161. The Kier molecular flexibility index (Phi) is 7.36. The Morgan fingerprint density at radius 2 is 1.69 bits per heavy atom. The van der Waals surface area contributed by atoms with Crippen LogP contribution in [0.4, 0.5) is 0 Å². The summed E-state index contributed by atoms with van der Waals surface area (Å²) in [5.74, 6) is 0.120. The van der Waals surface area contributed by atoms with Crippen molar-refractivity contribution in [2.75, 3.05) is 20.8 Å². The van der Waals surface area contributed by atoms with Crippen LogP contribution >= 0.6 is 0 Å². The highest BCUT2D eigenvalue weighted by molar-refractivity contribution is 6.06. The van der Waals surface area contributed by atoms with Gasteiger partial charge >= 0.3 is 0 Å². The minimum Gasteiger partial charge on any atom is -0.493 e. The fourth-order valence-corrected chi connectivity index (χ4v) is 4.72. The molecule has 2 amide bonds. The van der Waals surface area contributed by atoms with Gasteiger partial charge in [0.05, 0.1) is 14.2 Å². The number of nitrogens with zero attached hydrogens (tertiary/aromatic N) is 1. The number of hydrogen-bond acceptors (Lipinski definition) is 4. The lowest BCUT2D eigenvalue weighted by Crippen LogP contribution is -2.35. The number of fused-ring (bicyclic) bond motifs is 2. The molecule has 8 heteroatoms. The van der Waals surface area contributed by atoms with E-state index in [2.05, 4.69) is 21.7 Å². The highest BCUT2D eigenvalue weighted by atomic mass is 16.5. The molecule has 0 radical (unpaired) electrons. The molecule has 0 saturated carbocycles. The lowest BCUT2D eigenvalue weighted by Gasteiger charge is -2.13. The van der Waals surface area contributed by atoms with Gasteiger partial charge in [-0.05, 0) is 48.4 Å². The number of H-pyrrole nitrogens is 1. The van der Waals surface area contributed by atoms with E-state index >= 15 is 0 Å². The monoisotopic (exact) mass is 522 g/mol. The zero-order valence-corrected chi connectivity index (χ0v) is 22.1. The van der Waals surface area contributed by atoms with Gasteiger partial charge in [-0.2, -0.15) is 0 Å². The summed E-state index contributed by atoms with van der Waals surface area (Å²) in [4.78, 5) is 29.9. The number of para-hydroxylation sites is 2. The molecule has 0 spiro atoms. The number of nitrogens with one attached hydrogen (secondary N) is 3. The lowest BCUT2D eigenvalue weighted by atomic mass is 10.1. The van der Waals surface area contributed by atoms with E-state index in [1.54, 1.807) is 24.3 Å². The molecule has 39 heavy (non-hydrogen) atoms. The standard InChI is InChI=1S/C31H30N4O4/c1-35-19-22(24-9-5-7-11-27(24)35)16-26(34-30(36)20-12-13-28(38-2)29(17-20)39-3)31(37)32-15-14-21-18-33-25-10-6-4-8-23(21)25/h4-13,16-19,33H,14-15H2,1-3H3,(H,32,37)(H,34,36)/b26-16+. The minimum atomic E-state index is -0.436. The summed E-state index contributed by atoms with van der Waals surface area (Å²) in [5.41, 5.74) is 4.49. The van der Waals surface area contributed by atoms with Gasteiger partial charge < -0.3 is 29.7 Å². The molecule has 0 aliphatic rings. The molecule has 2 heterocycles. The van der Waals surface area contributed by atoms with E-state index in [0.29, 0.717) is 30.0 Å². The normalized spacial score (nSPS) is 11.5. The van der Waals surface area contributed by atoms with Gasteiger partial charge in [0.15, 0.2) is 11.5 Å². The van der Waals surface area contributed by atoms with Gasteiger partial charge in [0.25, 0.3) is 11.8 Å². The Hall–Kier alpha value is -4.98. The summed E-state index contributed by atoms with van der Waals surface area (Å²) in [6.45, 7) is 0.403. The summed E-state index contributed by atoms with van der Waals surface area (Å²) in [6, 6.07) is 20.8. The first-order valence-electron chi connectivity index (χ1n) is 12.6. The third-order valence-electron chi connectivity index (χ3n) is 6.72. The topological polar surface area (TPSA) is 97.4 Å². The van der Waals surface area contributed by atoms with E-state index in [9.17, 15) is 9.59 Å². The quantitative estimate of drug-likeness (QED) is 0.242. The van der Waals surface area contributed by atoms with Gasteiger partial charge in [-0.15, -0.1) is 0 Å². The van der Waals surface area contributed by atoms with Crippen LogP contribution in [0.3, 0.4) is 0 Å². The predicted molar refractivity (Wildman–Crippen MR) is 153 cm³/mol. The Morgan fingerprint density at radius 1 is 0.949 bits per heavy atom. The molecule has 198 valence electrons. The van der Waals surface area contributed by atoms with Crippen molar-refractivity contribution in [1.29, 1.82) is 0 Å². The van der Waals surface area contributed by atoms with Crippen molar-refractivity contribution in [3.05, 3.63) is 102 Å². The number of benzene rings is 3. The zero-order valence-electron chi connectivity index (χ0n) is 22.1. The van der Waals surface area contributed by atoms with Crippen molar-refractivity contribution in [2.24, 2.45) is 7.05 Å². The summed E-state index contributed by atoms with van der Waals surface area (Å²) in [5, 5.41) is 7.89. The smallest absolute Gasteiger partial charge is 0.267 e. The minimum absolute atomic E-state index is 0.144. The first kappa shape index (κ1) is 25.7. The fourth-order valence-electron chi connectivity index (χ4n) is 4.72. The molecule has 0 aliphatic heterocycles. The van der Waals surface area contributed by atoms with E-state index < -0.39 is 5.91 Å². The van der Waals surface area contributed by atoms with Crippen molar-refractivity contribution < 1.29 is 19.1 Å². The van der Waals surface area contributed by atoms with Crippen LogP contribution in [-0.4, -0.2) is 42.1 Å². The maximum absolute atomic E-state index is 13.4. The maximum Gasteiger partial charge on any atom is 0.267 e. The number of aromatic nitrogens is 2. The van der Waals surface area contributed by atoms with E-state index in [1.807, 2.05) is 66.5 Å². The molecule has 0 bridgehead atoms. The van der Waals surface area contributed by atoms with Gasteiger partial charge in [-0.25, -0.2) is 0 Å². The van der Waals surface area contributed by atoms with Gasteiger partial charge in [-0.3, -0.25) is 9.59 Å².